The number of nitrogens with one attached hydrogen (secondary N) is 1. The molecule has 0 bridgehead atoms. The molecule has 4 heteroatoms. The number of rotatable bonds is 7. The van der Waals surface area contributed by atoms with Crippen LogP contribution in [0.3, 0.4) is 0 Å². The van der Waals surface area contributed by atoms with Gasteiger partial charge >= 0.3 is 0 Å². The average Bonchev–Trinajstić information content (AvgIpc) is 3.31. The van der Waals surface area contributed by atoms with Crippen LogP contribution in [0.25, 0.3) is 0 Å². The monoisotopic (exact) mass is 302 g/mol. The summed E-state index contributed by atoms with van der Waals surface area (Å²) in [5, 5.41) is 4.14. The highest BCUT2D eigenvalue weighted by Crippen LogP contribution is 2.20. The SMILES string of the molecule is Clc1cncc(OCc2ccccc2CCNC2CC2)c1. The Hall–Kier alpha value is -1.58. The summed E-state index contributed by atoms with van der Waals surface area (Å²) in [6.07, 6.45) is 6.97. The minimum atomic E-state index is 0.543. The van der Waals surface area contributed by atoms with Gasteiger partial charge in [0.25, 0.3) is 0 Å². The van der Waals surface area contributed by atoms with Crippen LogP contribution in [0.15, 0.2) is 42.7 Å². The van der Waals surface area contributed by atoms with E-state index in [9.17, 15) is 0 Å². The number of pyridine rings is 1. The lowest BCUT2D eigenvalue weighted by molar-refractivity contribution is 0.303. The predicted molar refractivity (Wildman–Crippen MR) is 84.7 cm³/mol. The van der Waals surface area contributed by atoms with Gasteiger partial charge < -0.3 is 10.1 Å². The smallest absolute Gasteiger partial charge is 0.139 e. The minimum absolute atomic E-state index is 0.543. The van der Waals surface area contributed by atoms with Gasteiger partial charge in [-0.2, -0.15) is 0 Å². The Morgan fingerprint density at radius 3 is 2.76 bits per heavy atom. The van der Waals surface area contributed by atoms with Crippen LogP contribution in [0.1, 0.15) is 24.0 Å². The van der Waals surface area contributed by atoms with Crippen LogP contribution < -0.4 is 10.1 Å². The zero-order valence-electron chi connectivity index (χ0n) is 11.9. The topological polar surface area (TPSA) is 34.1 Å². The highest BCUT2D eigenvalue weighted by Gasteiger charge is 2.19. The number of nitrogens with zero attached hydrogens (tertiary/aromatic N) is 1. The molecule has 1 fully saturated rings. The Bertz CT molecular complexity index is 599. The highest BCUT2D eigenvalue weighted by molar-refractivity contribution is 6.30. The first-order chi connectivity index (χ1) is 10.3. The van der Waals surface area contributed by atoms with E-state index in [1.807, 2.05) is 6.07 Å². The molecule has 0 aliphatic heterocycles. The van der Waals surface area contributed by atoms with E-state index < -0.39 is 0 Å². The van der Waals surface area contributed by atoms with Gasteiger partial charge in [0.2, 0.25) is 0 Å². The summed E-state index contributed by atoms with van der Waals surface area (Å²) in [5.74, 6) is 0.702. The summed E-state index contributed by atoms with van der Waals surface area (Å²) in [6.45, 7) is 1.57. The first-order valence-electron chi connectivity index (χ1n) is 7.35. The van der Waals surface area contributed by atoms with Crippen molar-refractivity contribution in [1.29, 1.82) is 0 Å². The molecule has 2 aromatic rings. The number of hydrogen-bond acceptors (Lipinski definition) is 3. The van der Waals surface area contributed by atoms with Crippen LogP contribution in [0.4, 0.5) is 0 Å². The van der Waals surface area contributed by atoms with Gasteiger partial charge in [0.1, 0.15) is 12.4 Å². The molecule has 0 amide bonds. The molecule has 1 N–H and O–H groups in total. The number of benzene rings is 1. The lowest BCUT2D eigenvalue weighted by Crippen LogP contribution is -2.19. The van der Waals surface area contributed by atoms with Gasteiger partial charge in [0.15, 0.2) is 0 Å². The molecule has 110 valence electrons. The van der Waals surface area contributed by atoms with E-state index in [0.717, 1.165) is 19.0 Å². The van der Waals surface area contributed by atoms with E-state index >= 15 is 0 Å². The van der Waals surface area contributed by atoms with Crippen molar-refractivity contribution in [3.05, 3.63) is 58.9 Å². The first-order valence-corrected chi connectivity index (χ1v) is 7.72. The first kappa shape index (κ1) is 14.4. The van der Waals surface area contributed by atoms with E-state index in [0.29, 0.717) is 17.4 Å². The Morgan fingerprint density at radius 2 is 2.00 bits per heavy atom. The lowest BCUT2D eigenvalue weighted by Gasteiger charge is -2.11. The zero-order valence-corrected chi connectivity index (χ0v) is 12.6. The van der Waals surface area contributed by atoms with Crippen LogP contribution in [0.5, 0.6) is 5.75 Å². The molecule has 1 aromatic heterocycles. The van der Waals surface area contributed by atoms with Crippen LogP contribution in [0.2, 0.25) is 5.02 Å². The second-order valence-corrected chi connectivity index (χ2v) is 5.81. The third-order valence-corrected chi connectivity index (χ3v) is 3.80. The summed E-state index contributed by atoms with van der Waals surface area (Å²) in [7, 11) is 0. The molecule has 0 unspecified atom stereocenters. The summed E-state index contributed by atoms with van der Waals surface area (Å²) < 4.78 is 5.79. The van der Waals surface area contributed by atoms with Gasteiger partial charge in [-0.3, -0.25) is 4.98 Å². The molecular weight excluding hydrogens is 284 g/mol. The second kappa shape index (κ2) is 6.92. The summed E-state index contributed by atoms with van der Waals surface area (Å²) in [5.41, 5.74) is 2.55. The molecule has 0 spiro atoms. The van der Waals surface area contributed by atoms with Crippen molar-refractivity contribution in [3.8, 4) is 5.75 Å². The number of halogens is 1. The normalized spacial score (nSPS) is 14.1. The maximum absolute atomic E-state index is 5.91. The summed E-state index contributed by atoms with van der Waals surface area (Å²) in [6, 6.07) is 11.0. The maximum Gasteiger partial charge on any atom is 0.139 e. The van der Waals surface area contributed by atoms with Gasteiger partial charge in [-0.05, 0) is 36.9 Å². The predicted octanol–water partition coefficient (Wildman–Crippen LogP) is 3.61. The van der Waals surface area contributed by atoms with E-state index in [-0.39, 0.29) is 0 Å². The number of ether oxygens (including phenoxy) is 1. The molecule has 1 aromatic carbocycles. The average molecular weight is 303 g/mol. The van der Waals surface area contributed by atoms with Gasteiger partial charge in [-0.15, -0.1) is 0 Å². The van der Waals surface area contributed by atoms with Gasteiger partial charge in [-0.25, -0.2) is 0 Å². The van der Waals surface area contributed by atoms with E-state index in [1.165, 1.54) is 24.0 Å². The number of hydrogen-bond donors (Lipinski definition) is 1. The molecule has 3 rings (SSSR count). The molecule has 0 radical (unpaired) electrons. The van der Waals surface area contributed by atoms with Crippen molar-refractivity contribution in [2.75, 3.05) is 6.54 Å². The Kier molecular flexibility index (Phi) is 4.73. The fourth-order valence-corrected chi connectivity index (χ4v) is 2.44. The quantitative estimate of drug-likeness (QED) is 0.848. The molecule has 0 saturated heterocycles. The summed E-state index contributed by atoms with van der Waals surface area (Å²) in [4.78, 5) is 4.03. The fourth-order valence-electron chi connectivity index (χ4n) is 2.27. The van der Waals surface area contributed by atoms with Crippen molar-refractivity contribution < 1.29 is 4.74 Å². The molecule has 1 heterocycles. The molecule has 1 aliphatic rings. The second-order valence-electron chi connectivity index (χ2n) is 5.37. The highest BCUT2D eigenvalue weighted by atomic mass is 35.5. The number of aromatic nitrogens is 1. The van der Waals surface area contributed by atoms with Gasteiger partial charge in [0.05, 0.1) is 11.2 Å². The van der Waals surface area contributed by atoms with Crippen molar-refractivity contribution in [1.82, 2.24) is 10.3 Å². The molecule has 1 saturated carbocycles. The summed E-state index contributed by atoms with van der Waals surface area (Å²) >= 11 is 5.91. The van der Waals surface area contributed by atoms with Crippen molar-refractivity contribution >= 4 is 11.6 Å². The van der Waals surface area contributed by atoms with Crippen molar-refractivity contribution in [3.63, 3.8) is 0 Å². The van der Waals surface area contributed by atoms with Gasteiger partial charge in [0, 0.05) is 18.3 Å². The molecule has 21 heavy (non-hydrogen) atoms. The van der Waals surface area contributed by atoms with Crippen molar-refractivity contribution in [2.45, 2.75) is 31.9 Å². The Labute approximate surface area is 130 Å². The van der Waals surface area contributed by atoms with E-state index in [2.05, 4.69) is 28.5 Å². The third kappa shape index (κ3) is 4.45. The zero-order chi connectivity index (χ0) is 14.5. The van der Waals surface area contributed by atoms with E-state index in [4.69, 9.17) is 16.3 Å². The fraction of sp³-hybridized carbons (Fsp3) is 0.353. The van der Waals surface area contributed by atoms with Crippen LogP contribution in [-0.2, 0) is 13.0 Å². The minimum Gasteiger partial charge on any atom is -0.487 e. The molecular formula is C17H19ClN2O. The molecule has 1 aliphatic carbocycles. The van der Waals surface area contributed by atoms with Crippen molar-refractivity contribution in [2.24, 2.45) is 0 Å². The van der Waals surface area contributed by atoms with Crippen LogP contribution in [-0.4, -0.2) is 17.6 Å². The Morgan fingerprint density at radius 1 is 1.19 bits per heavy atom. The lowest BCUT2D eigenvalue weighted by atomic mass is 10.1. The van der Waals surface area contributed by atoms with Crippen LogP contribution >= 0.6 is 11.6 Å². The third-order valence-electron chi connectivity index (χ3n) is 3.60. The van der Waals surface area contributed by atoms with Gasteiger partial charge in [-0.1, -0.05) is 35.9 Å². The molecule has 0 atom stereocenters. The molecule has 3 nitrogen and oxygen atoms in total. The standard InChI is InChI=1S/C17H19ClN2O/c18-15-9-17(11-19-10-15)21-12-14-4-2-1-3-13(14)7-8-20-16-5-6-16/h1-4,9-11,16,20H,5-8,12H2. The maximum atomic E-state index is 5.91. The Balaban J connectivity index is 1.58. The van der Waals surface area contributed by atoms with E-state index in [1.54, 1.807) is 18.5 Å². The van der Waals surface area contributed by atoms with Crippen LogP contribution in [0, 0.1) is 0 Å². The largest absolute Gasteiger partial charge is 0.487 e.